The molecule has 3 aromatic carbocycles. The van der Waals surface area contributed by atoms with Gasteiger partial charge in [-0.2, -0.15) is 5.26 Å². The van der Waals surface area contributed by atoms with E-state index in [1.165, 1.54) is 9.80 Å². The van der Waals surface area contributed by atoms with Crippen molar-refractivity contribution < 1.29 is 9.59 Å². The van der Waals surface area contributed by atoms with Crippen LogP contribution in [0.5, 0.6) is 0 Å². The van der Waals surface area contributed by atoms with Crippen LogP contribution < -0.4 is 4.90 Å². The quantitative estimate of drug-likeness (QED) is 0.197. The molecule has 6 nitrogen and oxygen atoms in total. The number of hydrogen-bond acceptors (Lipinski definition) is 4. The normalized spacial score (nSPS) is 15.0. The molecule has 2 heterocycles. The maximum atomic E-state index is 13.7. The Balaban J connectivity index is 1.62. The lowest BCUT2D eigenvalue weighted by Crippen LogP contribution is -2.56. The molecule has 7 heteroatoms. The van der Waals surface area contributed by atoms with Gasteiger partial charge in [-0.15, -0.1) is 0 Å². The molecule has 2 amide bonds. The summed E-state index contributed by atoms with van der Waals surface area (Å²) in [4.78, 5) is 30.1. The van der Waals surface area contributed by atoms with Crippen LogP contribution in [-0.2, 0) is 16.1 Å². The lowest BCUT2D eigenvalue weighted by atomic mass is 10.0. The molecule has 0 atom stereocenters. The van der Waals surface area contributed by atoms with Crippen LogP contribution >= 0.6 is 12.2 Å². The second kappa shape index (κ2) is 10.2. The van der Waals surface area contributed by atoms with E-state index in [-0.39, 0.29) is 10.7 Å². The highest BCUT2D eigenvalue weighted by Crippen LogP contribution is 2.29. The highest BCUT2D eigenvalue weighted by Gasteiger charge is 2.40. The first-order chi connectivity index (χ1) is 18.0. The van der Waals surface area contributed by atoms with Gasteiger partial charge in [0.2, 0.25) is 0 Å². The summed E-state index contributed by atoms with van der Waals surface area (Å²) in [6.07, 6.45) is 4.30. The first kappa shape index (κ1) is 24.2. The minimum absolute atomic E-state index is 0.0613. The van der Waals surface area contributed by atoms with Gasteiger partial charge in [0.1, 0.15) is 5.57 Å². The van der Waals surface area contributed by atoms with E-state index in [1.54, 1.807) is 24.3 Å². The number of hydrogen-bond donors (Lipinski definition) is 0. The molecule has 1 fully saturated rings. The lowest BCUT2D eigenvalue weighted by molar-refractivity contribution is -0.127. The van der Waals surface area contributed by atoms with Crippen molar-refractivity contribution in [2.45, 2.75) is 19.9 Å². The molecule has 0 saturated carbocycles. The molecule has 0 unspecified atom stereocenters. The number of carbonyl (C=O) groups excluding carboxylic acids is 2. The molecule has 4 aromatic rings. The fourth-order valence-corrected chi connectivity index (χ4v) is 4.99. The van der Waals surface area contributed by atoms with Crippen molar-refractivity contribution in [3.8, 4) is 6.07 Å². The minimum atomic E-state index is -0.444. The fourth-order valence-electron chi connectivity index (χ4n) is 4.63. The number of aromatic nitrogens is 1. The summed E-state index contributed by atoms with van der Waals surface area (Å²) in [6.45, 7) is 2.87. The SMILES string of the molecule is CCCN1C(=O)/C(=C\c2cn(Cc3ccccc3C#N)c3ccccc23)C(=O)N(c2ccccc2)C1=S. The number of amides is 2. The Kier molecular flexibility index (Phi) is 6.67. The van der Waals surface area contributed by atoms with Crippen molar-refractivity contribution in [1.29, 1.82) is 5.26 Å². The summed E-state index contributed by atoms with van der Waals surface area (Å²) in [5.41, 5.74) is 3.88. The summed E-state index contributed by atoms with van der Waals surface area (Å²) >= 11 is 5.60. The first-order valence-corrected chi connectivity index (χ1v) is 12.5. The average molecular weight is 505 g/mol. The topological polar surface area (TPSA) is 69.3 Å². The van der Waals surface area contributed by atoms with Crippen LogP contribution in [0.4, 0.5) is 5.69 Å². The van der Waals surface area contributed by atoms with Crippen molar-refractivity contribution in [3.63, 3.8) is 0 Å². The number of thiocarbonyl (C=S) groups is 1. The van der Waals surface area contributed by atoms with Crippen LogP contribution in [0.25, 0.3) is 17.0 Å². The molecular weight excluding hydrogens is 480 g/mol. The number of fused-ring (bicyclic) bond motifs is 1. The predicted octanol–water partition coefficient (Wildman–Crippen LogP) is 5.51. The molecule has 0 radical (unpaired) electrons. The van der Waals surface area contributed by atoms with Crippen molar-refractivity contribution >= 4 is 51.8 Å². The third-order valence-electron chi connectivity index (χ3n) is 6.39. The van der Waals surface area contributed by atoms with Gasteiger partial charge in [0.25, 0.3) is 11.8 Å². The minimum Gasteiger partial charge on any atom is -0.342 e. The molecule has 0 bridgehead atoms. The van der Waals surface area contributed by atoms with Crippen molar-refractivity contribution in [1.82, 2.24) is 9.47 Å². The van der Waals surface area contributed by atoms with Gasteiger partial charge in [-0.25, -0.2) is 0 Å². The van der Waals surface area contributed by atoms with Crippen LogP contribution in [-0.4, -0.2) is 32.9 Å². The number of rotatable bonds is 6. The Hall–Kier alpha value is -4.54. The zero-order valence-electron chi connectivity index (χ0n) is 20.3. The van der Waals surface area contributed by atoms with Crippen LogP contribution in [0, 0.1) is 11.3 Å². The summed E-state index contributed by atoms with van der Waals surface area (Å²) in [5, 5.41) is 10.6. The molecule has 182 valence electrons. The Morgan fingerprint density at radius 2 is 1.62 bits per heavy atom. The number of para-hydroxylation sites is 2. The van der Waals surface area contributed by atoms with E-state index < -0.39 is 11.8 Å². The van der Waals surface area contributed by atoms with Gasteiger partial charge >= 0.3 is 0 Å². The maximum absolute atomic E-state index is 13.7. The summed E-state index contributed by atoms with van der Waals surface area (Å²) in [5.74, 6) is -0.837. The number of anilines is 1. The Labute approximate surface area is 220 Å². The molecule has 37 heavy (non-hydrogen) atoms. The second-order valence-electron chi connectivity index (χ2n) is 8.77. The molecule has 1 saturated heterocycles. The van der Waals surface area contributed by atoms with E-state index in [1.807, 2.05) is 78.4 Å². The van der Waals surface area contributed by atoms with Gasteiger partial charge in [-0.05, 0) is 54.5 Å². The maximum Gasteiger partial charge on any atom is 0.270 e. The monoisotopic (exact) mass is 504 g/mol. The van der Waals surface area contributed by atoms with Crippen molar-refractivity contribution in [3.05, 3.63) is 107 Å². The van der Waals surface area contributed by atoms with Crippen LogP contribution in [0.15, 0.2) is 90.6 Å². The molecule has 1 aromatic heterocycles. The van der Waals surface area contributed by atoms with Crippen molar-refractivity contribution in [2.24, 2.45) is 0 Å². The van der Waals surface area contributed by atoms with E-state index in [9.17, 15) is 14.9 Å². The number of benzene rings is 3. The van der Waals surface area contributed by atoms with Gasteiger partial charge in [-0.3, -0.25) is 19.4 Å². The molecule has 0 N–H and O–H groups in total. The largest absolute Gasteiger partial charge is 0.342 e. The van der Waals surface area contributed by atoms with Gasteiger partial charge in [0.15, 0.2) is 5.11 Å². The fraction of sp³-hybridized carbons (Fsp3) is 0.133. The average Bonchev–Trinajstić information content (AvgIpc) is 3.27. The first-order valence-electron chi connectivity index (χ1n) is 12.1. The van der Waals surface area contributed by atoms with E-state index in [2.05, 4.69) is 6.07 Å². The van der Waals surface area contributed by atoms with E-state index in [4.69, 9.17) is 12.2 Å². The second-order valence-corrected chi connectivity index (χ2v) is 9.14. The molecule has 1 aliphatic heterocycles. The number of nitriles is 1. The third-order valence-corrected chi connectivity index (χ3v) is 6.79. The Morgan fingerprint density at radius 3 is 2.38 bits per heavy atom. The molecular formula is C30H24N4O2S. The van der Waals surface area contributed by atoms with Gasteiger partial charge in [0.05, 0.1) is 17.3 Å². The Bertz CT molecular complexity index is 1600. The standard InChI is InChI=1S/C30H24N4O2S/c1-2-16-33-28(35)26(29(36)34(30(33)37)24-12-4-3-5-13-24)17-23-20-32(27-15-9-8-14-25(23)27)19-22-11-7-6-10-21(22)18-31/h3-15,17,20H,2,16,19H2,1H3/b26-17+. The van der Waals surface area contributed by atoms with Crippen LogP contribution in [0.3, 0.4) is 0 Å². The van der Waals surface area contributed by atoms with Gasteiger partial charge in [-0.1, -0.05) is 61.5 Å². The lowest BCUT2D eigenvalue weighted by Gasteiger charge is -2.36. The highest BCUT2D eigenvalue weighted by atomic mass is 32.1. The zero-order valence-corrected chi connectivity index (χ0v) is 21.1. The van der Waals surface area contributed by atoms with Crippen LogP contribution in [0.1, 0.15) is 30.0 Å². The zero-order chi connectivity index (χ0) is 25.9. The van der Waals surface area contributed by atoms with Gasteiger partial charge in [0, 0.05) is 35.8 Å². The Morgan fingerprint density at radius 1 is 0.919 bits per heavy atom. The highest BCUT2D eigenvalue weighted by molar-refractivity contribution is 7.80. The summed E-state index contributed by atoms with van der Waals surface area (Å²) < 4.78 is 2.04. The molecule has 1 aliphatic rings. The molecule has 5 rings (SSSR count). The summed E-state index contributed by atoms with van der Waals surface area (Å²) in [7, 11) is 0. The van der Waals surface area contributed by atoms with Gasteiger partial charge < -0.3 is 4.57 Å². The molecule has 0 aliphatic carbocycles. The summed E-state index contributed by atoms with van der Waals surface area (Å²) in [6, 6.07) is 26.7. The van der Waals surface area contributed by atoms with Crippen molar-refractivity contribution in [2.75, 3.05) is 11.4 Å². The predicted molar refractivity (Wildman–Crippen MR) is 149 cm³/mol. The number of nitrogens with zero attached hydrogens (tertiary/aromatic N) is 4. The smallest absolute Gasteiger partial charge is 0.270 e. The van der Waals surface area contributed by atoms with E-state index in [0.29, 0.717) is 30.8 Å². The molecule has 0 spiro atoms. The number of carbonyl (C=O) groups is 2. The van der Waals surface area contributed by atoms with E-state index in [0.717, 1.165) is 22.0 Å². The van der Waals surface area contributed by atoms with Crippen LogP contribution in [0.2, 0.25) is 0 Å². The van der Waals surface area contributed by atoms with E-state index >= 15 is 0 Å². The third kappa shape index (κ3) is 4.44.